The Morgan fingerprint density at radius 1 is 1.50 bits per heavy atom. The molecule has 0 radical (unpaired) electrons. The molecule has 0 saturated carbocycles. The van der Waals surface area contributed by atoms with E-state index < -0.39 is 12.0 Å². The van der Waals surface area contributed by atoms with E-state index in [9.17, 15) is 4.79 Å². The van der Waals surface area contributed by atoms with Gasteiger partial charge in [0.05, 0.1) is 13.0 Å². The summed E-state index contributed by atoms with van der Waals surface area (Å²) in [5, 5.41) is 8.22. The van der Waals surface area contributed by atoms with Crippen LogP contribution in [0.5, 0.6) is 0 Å². The highest BCUT2D eigenvalue weighted by Crippen LogP contribution is 1.78. The number of aliphatic carboxylic acids is 1. The zero-order valence-electron chi connectivity index (χ0n) is 5.52. The topological polar surface area (TPSA) is 92.6 Å². The molecule has 4 nitrogen and oxygen atoms in total. The maximum absolute atomic E-state index is 10.00. The standard InChI is InChI=1S/C4H10N2O2.2ClH/c5-2-1-3(6)4(7)8;;/h3H,1-2,5-6H2,(H,7,8);2*1H. The summed E-state index contributed by atoms with van der Waals surface area (Å²) in [7, 11) is 0. The van der Waals surface area contributed by atoms with E-state index in [4.69, 9.17) is 5.11 Å². The Balaban J connectivity index is -0.000000245. The van der Waals surface area contributed by atoms with Crippen LogP contribution in [0.25, 0.3) is 0 Å². The van der Waals surface area contributed by atoms with E-state index in [0.29, 0.717) is 13.0 Å². The van der Waals surface area contributed by atoms with Gasteiger partial charge in [-0.05, 0) is 0 Å². The van der Waals surface area contributed by atoms with Gasteiger partial charge in [-0.3, -0.25) is 0 Å². The van der Waals surface area contributed by atoms with Crippen LogP contribution in [0.1, 0.15) is 6.42 Å². The van der Waals surface area contributed by atoms with Gasteiger partial charge in [0.1, 0.15) is 0 Å². The normalized spacial score (nSPS) is 10.6. The molecule has 0 bridgehead atoms. The maximum atomic E-state index is 10.00. The minimum absolute atomic E-state index is 0. The van der Waals surface area contributed by atoms with Gasteiger partial charge in [-0.15, -0.1) is 0 Å². The lowest BCUT2D eigenvalue weighted by atomic mass is 10.2. The van der Waals surface area contributed by atoms with E-state index in [1.807, 2.05) is 0 Å². The molecule has 6 heteroatoms. The molecule has 7 N–H and O–H groups in total. The number of hydrogen-bond donors (Lipinski definition) is 3. The first kappa shape index (κ1) is 16.5. The van der Waals surface area contributed by atoms with E-state index >= 15 is 0 Å². The van der Waals surface area contributed by atoms with E-state index in [1.165, 1.54) is 0 Å². The molecule has 0 heterocycles. The zero-order chi connectivity index (χ0) is 6.57. The van der Waals surface area contributed by atoms with Crippen LogP contribution in [0.15, 0.2) is 0 Å². The van der Waals surface area contributed by atoms with Crippen LogP contribution >= 0.6 is 0 Å². The minimum atomic E-state index is -0.839. The summed E-state index contributed by atoms with van der Waals surface area (Å²) in [6.45, 7) is 0.639. The van der Waals surface area contributed by atoms with Crippen molar-refractivity contribution >= 4 is 5.97 Å². The largest absolute Gasteiger partial charge is 1.00 e. The second-order valence-corrected chi connectivity index (χ2v) is 1.68. The molecule has 1 unspecified atom stereocenters. The molecular formula is C4H12Cl2N2O2. The second-order valence-electron chi connectivity index (χ2n) is 1.68. The molecule has 0 amide bonds. The summed E-state index contributed by atoms with van der Waals surface area (Å²) in [4.78, 5) is 10.00. The van der Waals surface area contributed by atoms with Crippen molar-refractivity contribution in [3.05, 3.63) is 0 Å². The SMILES string of the molecule is [Cl-].[Cl-].[NH3+]CCC([NH3+])C(=O)O. The van der Waals surface area contributed by atoms with E-state index in [2.05, 4.69) is 11.5 Å². The van der Waals surface area contributed by atoms with Crippen molar-refractivity contribution in [1.29, 1.82) is 0 Å². The van der Waals surface area contributed by atoms with Crippen LogP contribution in [0.3, 0.4) is 0 Å². The number of hydrogen-bond acceptors (Lipinski definition) is 1. The fraction of sp³-hybridized carbons (Fsp3) is 0.750. The highest BCUT2D eigenvalue weighted by Gasteiger charge is 2.13. The highest BCUT2D eigenvalue weighted by atomic mass is 35.5. The number of halogens is 2. The van der Waals surface area contributed by atoms with E-state index in [1.54, 1.807) is 0 Å². The lowest BCUT2D eigenvalue weighted by molar-refractivity contribution is -0.431. The molecule has 0 fully saturated rings. The summed E-state index contributed by atoms with van der Waals surface area (Å²) in [6.07, 6.45) is 0.565. The summed E-state index contributed by atoms with van der Waals surface area (Å²) in [5.74, 6) is -0.839. The monoisotopic (exact) mass is 190 g/mol. The van der Waals surface area contributed by atoms with Crippen LogP contribution < -0.4 is 36.3 Å². The third-order valence-electron chi connectivity index (χ3n) is 0.902. The third-order valence-corrected chi connectivity index (χ3v) is 0.902. The molecule has 10 heavy (non-hydrogen) atoms. The van der Waals surface area contributed by atoms with Gasteiger partial charge in [-0.1, -0.05) is 0 Å². The van der Waals surface area contributed by atoms with E-state index in [-0.39, 0.29) is 24.8 Å². The van der Waals surface area contributed by atoms with Crippen molar-refractivity contribution in [3.8, 4) is 0 Å². The summed E-state index contributed by atoms with van der Waals surface area (Å²) in [5.41, 5.74) is 6.89. The van der Waals surface area contributed by atoms with Crippen molar-refractivity contribution in [2.75, 3.05) is 6.54 Å². The first-order valence-electron chi connectivity index (χ1n) is 2.53. The lowest BCUT2D eigenvalue weighted by Gasteiger charge is -1.95. The van der Waals surface area contributed by atoms with Gasteiger partial charge >= 0.3 is 5.97 Å². The van der Waals surface area contributed by atoms with Crippen molar-refractivity contribution in [2.24, 2.45) is 0 Å². The maximum Gasteiger partial charge on any atom is 0.362 e. The Hall–Kier alpha value is -0.0300. The molecule has 0 aromatic rings. The van der Waals surface area contributed by atoms with Crippen molar-refractivity contribution in [1.82, 2.24) is 0 Å². The Morgan fingerprint density at radius 3 is 2.00 bits per heavy atom. The van der Waals surface area contributed by atoms with Gasteiger partial charge in [0.15, 0.2) is 6.04 Å². The van der Waals surface area contributed by atoms with Gasteiger partial charge in [0.2, 0.25) is 0 Å². The van der Waals surface area contributed by atoms with Gasteiger partial charge in [0.25, 0.3) is 0 Å². The van der Waals surface area contributed by atoms with Gasteiger partial charge < -0.3 is 41.4 Å². The van der Waals surface area contributed by atoms with E-state index in [0.717, 1.165) is 0 Å². The number of rotatable bonds is 3. The van der Waals surface area contributed by atoms with Gasteiger partial charge in [-0.25, -0.2) is 4.79 Å². The van der Waals surface area contributed by atoms with Crippen LogP contribution in [0, 0.1) is 0 Å². The van der Waals surface area contributed by atoms with Crippen LogP contribution in [0.4, 0.5) is 0 Å². The summed E-state index contributed by atoms with van der Waals surface area (Å²) < 4.78 is 0. The first-order valence-corrected chi connectivity index (χ1v) is 2.53. The molecule has 0 aliphatic heterocycles. The van der Waals surface area contributed by atoms with Crippen molar-refractivity contribution in [2.45, 2.75) is 12.5 Å². The zero-order valence-corrected chi connectivity index (χ0v) is 7.03. The van der Waals surface area contributed by atoms with Gasteiger partial charge in [-0.2, -0.15) is 0 Å². The number of carboxylic acids is 1. The highest BCUT2D eigenvalue weighted by molar-refractivity contribution is 5.71. The average Bonchev–Trinajstić information content (AvgIpc) is 1.67. The second kappa shape index (κ2) is 8.97. The molecule has 0 aromatic heterocycles. The fourth-order valence-corrected chi connectivity index (χ4v) is 0.370. The number of carboxylic acid groups (broad SMARTS) is 1. The fourth-order valence-electron chi connectivity index (χ4n) is 0.370. The molecule has 64 valence electrons. The molecular weight excluding hydrogens is 179 g/mol. The molecule has 0 spiro atoms. The Labute approximate surface area is 71.8 Å². The molecule has 0 aromatic carbocycles. The minimum Gasteiger partial charge on any atom is -1.00 e. The van der Waals surface area contributed by atoms with Crippen LogP contribution in [0.2, 0.25) is 0 Å². The quantitative estimate of drug-likeness (QED) is 0.413. The summed E-state index contributed by atoms with van der Waals surface area (Å²) >= 11 is 0. The molecule has 0 saturated heterocycles. The first-order chi connectivity index (χ1) is 3.68. The molecule has 1 atom stereocenters. The predicted molar refractivity (Wildman–Crippen MR) is 26.7 cm³/mol. The summed E-state index contributed by atoms with van der Waals surface area (Å²) in [6, 6.07) is -0.479. The number of quaternary nitrogens is 2. The van der Waals surface area contributed by atoms with Crippen molar-refractivity contribution < 1.29 is 46.2 Å². The third kappa shape index (κ3) is 7.97. The average molecular weight is 191 g/mol. The van der Waals surface area contributed by atoms with Gasteiger partial charge in [0, 0.05) is 0 Å². The Morgan fingerprint density at radius 2 is 1.90 bits per heavy atom. The van der Waals surface area contributed by atoms with Crippen molar-refractivity contribution in [3.63, 3.8) is 0 Å². The predicted octanol–water partition coefficient (Wildman–Crippen LogP) is -8.68. The molecule has 0 aliphatic rings. The lowest BCUT2D eigenvalue weighted by Crippen LogP contribution is -3.00. The molecule has 0 aliphatic carbocycles. The smallest absolute Gasteiger partial charge is 0.362 e. The molecule has 0 rings (SSSR count). The van der Waals surface area contributed by atoms with Crippen LogP contribution in [-0.4, -0.2) is 23.7 Å². The number of carbonyl (C=O) groups is 1. The van der Waals surface area contributed by atoms with Crippen LogP contribution in [-0.2, 0) is 4.79 Å². The Kier molecular flexibility index (Phi) is 14.8. The Bertz CT molecular complexity index is 91.3.